The number of rotatable bonds is 6. The number of carbonyl (C=O) groups excluding carboxylic acids is 2. The van der Waals surface area contributed by atoms with E-state index in [-0.39, 0.29) is 36.4 Å². The summed E-state index contributed by atoms with van der Waals surface area (Å²) in [6, 6.07) is 6.73. The maximum Gasteiger partial charge on any atom is 0.437 e. The number of alkyl carbamates (subject to hydrolysis) is 1. The first kappa shape index (κ1) is 38.7. The van der Waals surface area contributed by atoms with E-state index in [1.165, 1.54) is 35.3 Å². The number of likely N-dealkylation sites (tertiary alicyclic amines) is 1. The number of hydrogen-bond donors (Lipinski definition) is 1. The molecule has 1 aromatic heterocycles. The summed E-state index contributed by atoms with van der Waals surface area (Å²) in [5.74, 6) is -0.867. The first-order valence-corrected chi connectivity index (χ1v) is 15.7. The minimum atomic E-state index is -4.84. The monoisotopic (exact) mass is 725 g/mol. The zero-order valence-electron chi connectivity index (χ0n) is 28.6. The van der Waals surface area contributed by atoms with Gasteiger partial charge in [-0.25, -0.2) is 9.59 Å². The molecule has 0 spiro atoms. The van der Waals surface area contributed by atoms with Crippen molar-refractivity contribution in [2.45, 2.75) is 84.0 Å². The van der Waals surface area contributed by atoms with Crippen molar-refractivity contribution in [2.24, 2.45) is 4.99 Å². The Kier molecular flexibility index (Phi) is 11.4. The largest absolute Gasteiger partial charge is 0.489 e. The molecule has 1 fully saturated rings. The van der Waals surface area contributed by atoms with Crippen molar-refractivity contribution in [1.82, 2.24) is 20.4 Å². The first-order chi connectivity index (χ1) is 23.6. The summed E-state index contributed by atoms with van der Waals surface area (Å²) in [4.78, 5) is 35.1. The lowest BCUT2D eigenvalue weighted by Gasteiger charge is -2.27. The molecule has 1 aliphatic rings. The Bertz CT molecular complexity index is 1750. The normalized spacial score (nSPS) is 16.0. The van der Waals surface area contributed by atoms with E-state index in [9.17, 15) is 35.9 Å². The number of benzene rings is 2. The molecule has 3 aromatic rings. The van der Waals surface area contributed by atoms with Crippen LogP contribution in [0.3, 0.4) is 0 Å². The third-order valence-corrected chi connectivity index (χ3v) is 6.88. The summed E-state index contributed by atoms with van der Waals surface area (Å²) in [5.41, 5.74) is -3.34. The zero-order chi connectivity index (χ0) is 37.8. The van der Waals surface area contributed by atoms with Gasteiger partial charge in [-0.2, -0.15) is 31.3 Å². The molecule has 11 nitrogen and oxygen atoms in total. The van der Waals surface area contributed by atoms with Crippen LogP contribution in [-0.2, 0) is 21.8 Å². The molecule has 0 radical (unpaired) electrons. The van der Waals surface area contributed by atoms with Crippen LogP contribution >= 0.6 is 0 Å². The fraction of sp³-hybridized carbons (Fsp3) is 0.441. The van der Waals surface area contributed by atoms with Gasteiger partial charge in [0.25, 0.3) is 0 Å². The molecular formula is C34H37F6N5O6. The van der Waals surface area contributed by atoms with Gasteiger partial charge in [0.05, 0.1) is 11.1 Å². The highest BCUT2D eigenvalue weighted by molar-refractivity contribution is 5.99. The number of ether oxygens (including phenoxy) is 3. The maximum absolute atomic E-state index is 14.1. The Morgan fingerprint density at radius 2 is 1.63 bits per heavy atom. The van der Waals surface area contributed by atoms with Crippen molar-refractivity contribution in [3.8, 4) is 17.1 Å². The van der Waals surface area contributed by atoms with Crippen molar-refractivity contribution in [3.05, 3.63) is 71.1 Å². The predicted molar refractivity (Wildman–Crippen MR) is 172 cm³/mol. The number of hydrogen-bond acceptors (Lipinski definition) is 8. The van der Waals surface area contributed by atoms with E-state index in [4.69, 9.17) is 18.7 Å². The molecule has 1 atom stereocenters. The van der Waals surface area contributed by atoms with Gasteiger partial charge in [-0.3, -0.25) is 5.32 Å². The van der Waals surface area contributed by atoms with E-state index < -0.39 is 58.7 Å². The average Bonchev–Trinajstić information content (AvgIpc) is 3.67. The lowest BCUT2D eigenvalue weighted by atomic mass is 10.1. The fourth-order valence-corrected chi connectivity index (χ4v) is 4.82. The molecule has 2 heterocycles. The molecule has 4 rings (SSSR count). The predicted octanol–water partition coefficient (Wildman–Crippen LogP) is 8.82. The fourth-order valence-electron chi connectivity index (χ4n) is 4.82. The highest BCUT2D eigenvalue weighted by Crippen LogP contribution is 2.39. The Hall–Kier alpha value is -5.09. The van der Waals surface area contributed by atoms with Crippen LogP contribution in [0.15, 0.2) is 58.1 Å². The molecule has 1 N–H and O–H groups in total. The van der Waals surface area contributed by atoms with E-state index >= 15 is 0 Å². The molecule has 1 saturated heterocycles. The molecule has 1 aliphatic heterocycles. The van der Waals surface area contributed by atoms with E-state index in [2.05, 4.69) is 20.4 Å². The van der Waals surface area contributed by atoms with Crippen molar-refractivity contribution >= 4 is 24.2 Å². The molecule has 2 aromatic carbocycles. The summed E-state index contributed by atoms with van der Waals surface area (Å²) in [6.45, 7) is 9.89. The minimum Gasteiger partial charge on any atom is -0.489 e. The number of amides is 2. The summed E-state index contributed by atoms with van der Waals surface area (Å²) in [6.07, 6.45) is -7.46. The van der Waals surface area contributed by atoms with E-state index in [0.717, 1.165) is 24.3 Å². The smallest absolute Gasteiger partial charge is 0.437 e. The second kappa shape index (κ2) is 15.0. The SMILES string of the molecule is CC(C)(C)OC(=O)N=C(NC(=O)OC(C)(C)C)N1CCCC1c1nc(-c2ccc(OC/C=C\c3ccc(C(F)(F)F)cc3)c(C(F)(F)F)c2)no1. The Balaban J connectivity index is 1.54. The van der Waals surface area contributed by atoms with Crippen LogP contribution in [0.4, 0.5) is 35.9 Å². The van der Waals surface area contributed by atoms with Crippen molar-refractivity contribution in [3.63, 3.8) is 0 Å². The number of nitrogens with one attached hydrogen (secondary N) is 1. The number of nitrogens with zero attached hydrogens (tertiary/aromatic N) is 4. The third-order valence-electron chi connectivity index (χ3n) is 6.88. The zero-order valence-corrected chi connectivity index (χ0v) is 28.6. The standard InChI is InChI=1S/C34H37F6N5O6/c1-31(2,3)49-29(46)42-28(43-30(47)50-32(4,5)6)45-17-7-10-24(45)27-41-26(44-51-27)21-13-16-25(23(19-21)34(38,39)40)48-18-8-9-20-11-14-22(15-12-20)33(35,36)37/h8-9,11-16,19,24H,7,10,17-18H2,1-6H3,(H,42,43,46,47)/b9-8-. The number of alkyl halides is 6. The number of carbonyl (C=O) groups is 2. The third kappa shape index (κ3) is 11.2. The molecule has 1 unspecified atom stereocenters. The minimum absolute atomic E-state index is 0.00679. The molecule has 17 heteroatoms. The van der Waals surface area contributed by atoms with Gasteiger partial charge in [0.2, 0.25) is 17.7 Å². The van der Waals surface area contributed by atoms with Gasteiger partial charge in [0.15, 0.2) is 0 Å². The van der Waals surface area contributed by atoms with Crippen LogP contribution in [0.1, 0.15) is 83.0 Å². The van der Waals surface area contributed by atoms with Gasteiger partial charge in [0.1, 0.15) is 29.6 Å². The van der Waals surface area contributed by atoms with Gasteiger partial charge in [-0.1, -0.05) is 23.4 Å². The van der Waals surface area contributed by atoms with Crippen LogP contribution in [0.25, 0.3) is 17.5 Å². The van der Waals surface area contributed by atoms with Crippen molar-refractivity contribution < 1.29 is 54.7 Å². The topological polar surface area (TPSA) is 128 Å². The quantitative estimate of drug-likeness (QED) is 0.151. The van der Waals surface area contributed by atoms with Gasteiger partial charge in [-0.05, 0) is 96.4 Å². The van der Waals surface area contributed by atoms with Crippen LogP contribution in [0, 0.1) is 0 Å². The molecule has 51 heavy (non-hydrogen) atoms. The van der Waals surface area contributed by atoms with Crippen LogP contribution < -0.4 is 10.1 Å². The number of halogens is 6. The molecule has 0 aliphatic carbocycles. The summed E-state index contributed by atoms with van der Waals surface area (Å²) in [7, 11) is 0. The molecular weight excluding hydrogens is 688 g/mol. The number of aromatic nitrogens is 2. The Labute approximate surface area is 289 Å². The molecule has 0 bridgehead atoms. The van der Waals surface area contributed by atoms with E-state index in [0.29, 0.717) is 18.4 Å². The second-order valence-corrected chi connectivity index (χ2v) is 13.4. The van der Waals surface area contributed by atoms with Crippen molar-refractivity contribution in [2.75, 3.05) is 13.2 Å². The molecule has 276 valence electrons. The van der Waals surface area contributed by atoms with Crippen LogP contribution in [0.5, 0.6) is 5.75 Å². The number of guanidine groups is 1. The van der Waals surface area contributed by atoms with Crippen molar-refractivity contribution in [1.29, 1.82) is 0 Å². The van der Waals surface area contributed by atoms with E-state index in [1.54, 1.807) is 41.5 Å². The number of aliphatic imine (C=N–C) groups is 1. The van der Waals surface area contributed by atoms with Crippen LogP contribution in [-0.4, -0.2) is 57.5 Å². The van der Waals surface area contributed by atoms with Crippen LogP contribution in [0.2, 0.25) is 0 Å². The van der Waals surface area contributed by atoms with Gasteiger partial charge < -0.3 is 23.6 Å². The summed E-state index contributed by atoms with van der Waals surface area (Å²) in [5, 5.41) is 6.36. The van der Waals surface area contributed by atoms with Gasteiger partial charge in [-0.15, -0.1) is 4.99 Å². The first-order valence-electron chi connectivity index (χ1n) is 15.7. The van der Waals surface area contributed by atoms with Gasteiger partial charge in [0, 0.05) is 12.1 Å². The average molecular weight is 726 g/mol. The lowest BCUT2D eigenvalue weighted by Crippen LogP contribution is -2.46. The summed E-state index contributed by atoms with van der Waals surface area (Å²) >= 11 is 0. The molecule has 2 amide bonds. The maximum atomic E-state index is 14.1. The molecule has 0 saturated carbocycles. The van der Waals surface area contributed by atoms with Gasteiger partial charge >= 0.3 is 24.5 Å². The second-order valence-electron chi connectivity index (χ2n) is 13.4. The summed E-state index contributed by atoms with van der Waals surface area (Å²) < 4.78 is 102. The Morgan fingerprint density at radius 3 is 2.24 bits per heavy atom. The highest BCUT2D eigenvalue weighted by Gasteiger charge is 2.37. The van der Waals surface area contributed by atoms with E-state index in [1.807, 2.05) is 0 Å². The highest BCUT2D eigenvalue weighted by atomic mass is 19.4. The Morgan fingerprint density at radius 1 is 0.961 bits per heavy atom. The lowest BCUT2D eigenvalue weighted by molar-refractivity contribution is -0.139.